The Morgan fingerprint density at radius 1 is 0.363 bits per heavy atom. The van der Waals surface area contributed by atoms with E-state index in [9.17, 15) is 0 Å². The molecule has 0 saturated carbocycles. The third kappa shape index (κ3) is 8.78. The van der Waals surface area contributed by atoms with Gasteiger partial charge in [-0.1, -0.05) is 209 Å². The van der Waals surface area contributed by atoms with Crippen molar-refractivity contribution >= 4 is 67.0 Å². The molecular weight excluding hydrogens is 1110 g/mol. The van der Waals surface area contributed by atoms with Gasteiger partial charge in [-0.05, 0) is 168 Å². The van der Waals surface area contributed by atoms with Crippen LogP contribution in [0.4, 0.5) is 34.1 Å². The van der Waals surface area contributed by atoms with Crippen LogP contribution in [0.2, 0.25) is 0 Å². The topological polar surface area (TPSA) is 42.0 Å². The van der Waals surface area contributed by atoms with Gasteiger partial charge >= 0.3 is 0 Å². The van der Waals surface area contributed by atoms with Gasteiger partial charge in [-0.25, -0.2) is 0 Å². The summed E-state index contributed by atoms with van der Waals surface area (Å²) in [5, 5.41) is 3.20. The molecule has 11 aromatic carbocycles. The maximum atomic E-state index is 7.15. The Labute approximate surface area is 534 Å². The highest BCUT2D eigenvalue weighted by Crippen LogP contribution is 2.55. The normalized spacial score (nSPS) is 16.4. The average Bonchev–Trinajstić information content (AvgIpc) is 1.62. The molecule has 2 aromatic heterocycles. The molecular formula is C86H74N2O3. The van der Waals surface area contributed by atoms with Gasteiger partial charge in [-0.15, -0.1) is 0 Å². The fourth-order valence-electron chi connectivity index (χ4n) is 15.8. The van der Waals surface area contributed by atoms with E-state index < -0.39 is 0 Å². The minimum Gasteiger partial charge on any atom is -0.489 e. The van der Waals surface area contributed by atoms with Crippen LogP contribution in [-0.2, 0) is 34.5 Å². The fraction of sp³-hybridized carbons (Fsp3) is 0.209. The zero-order chi connectivity index (χ0) is 62.0. The van der Waals surface area contributed by atoms with E-state index >= 15 is 0 Å². The van der Waals surface area contributed by atoms with E-state index in [4.69, 9.17) is 13.6 Å². The van der Waals surface area contributed by atoms with Gasteiger partial charge in [0.1, 0.15) is 34.4 Å². The smallest absolute Gasteiger partial charge is 0.137 e. The molecule has 91 heavy (non-hydrogen) atoms. The van der Waals surface area contributed by atoms with Crippen LogP contribution in [0.1, 0.15) is 125 Å². The van der Waals surface area contributed by atoms with Crippen molar-refractivity contribution in [3.63, 3.8) is 0 Å². The largest absolute Gasteiger partial charge is 0.489 e. The molecule has 2 unspecified atom stereocenters. The van der Waals surface area contributed by atoms with E-state index in [0.717, 1.165) is 91.4 Å². The van der Waals surface area contributed by atoms with E-state index in [1.54, 1.807) is 0 Å². The van der Waals surface area contributed by atoms with Crippen molar-refractivity contribution < 1.29 is 13.6 Å². The second-order valence-electron chi connectivity index (χ2n) is 29.2. The SMILES string of the molecule is CC(C)(C)c1ccc(-c2ccc(N(c3ccc4c(c3)OC3Cc5c(oc6cc7c(cc56)oc5cc(N(c6ccc(-c8ccc(C(C)(C)C)cc8)cc6)c6ccc8c(c6)C(C)(C)c6ccccc6-8)ccc57)CC43)c3ccc4c(c3)C(C)(C)c3ccccc3-4)cc2)cc1. The Hall–Kier alpha value is -9.84. The first-order valence-electron chi connectivity index (χ1n) is 32.5. The molecule has 0 N–H and O–H groups in total. The predicted molar refractivity (Wildman–Crippen MR) is 377 cm³/mol. The van der Waals surface area contributed by atoms with Gasteiger partial charge in [0.05, 0.1) is 0 Å². The van der Waals surface area contributed by atoms with Crippen LogP contribution < -0.4 is 14.5 Å². The number of fused-ring (bicyclic) bond motifs is 15. The Balaban J connectivity index is 0.693. The van der Waals surface area contributed by atoms with Gasteiger partial charge in [0, 0.05) is 103 Å². The molecule has 0 radical (unpaired) electrons. The minimum absolute atomic E-state index is 0.0304. The van der Waals surface area contributed by atoms with Crippen LogP contribution in [0.5, 0.6) is 5.75 Å². The van der Waals surface area contributed by atoms with Crippen molar-refractivity contribution in [3.05, 3.63) is 281 Å². The van der Waals surface area contributed by atoms with E-state index in [1.807, 2.05) is 0 Å². The molecule has 17 rings (SSSR count). The van der Waals surface area contributed by atoms with Crippen LogP contribution in [0.15, 0.2) is 239 Å². The van der Waals surface area contributed by atoms with Crippen molar-refractivity contribution in [1.82, 2.24) is 0 Å². The Morgan fingerprint density at radius 3 is 1.31 bits per heavy atom. The lowest BCUT2D eigenvalue weighted by molar-refractivity contribution is 0.192. The van der Waals surface area contributed by atoms with Gasteiger partial charge in [-0.3, -0.25) is 0 Å². The molecule has 0 amide bonds. The van der Waals surface area contributed by atoms with Gasteiger partial charge in [0.25, 0.3) is 0 Å². The van der Waals surface area contributed by atoms with E-state index in [1.165, 1.54) is 89.0 Å². The Morgan fingerprint density at radius 2 is 0.780 bits per heavy atom. The molecule has 2 atom stereocenters. The number of benzene rings is 11. The summed E-state index contributed by atoms with van der Waals surface area (Å²) in [5.41, 5.74) is 29.5. The lowest BCUT2D eigenvalue weighted by Gasteiger charge is -2.28. The third-order valence-electron chi connectivity index (χ3n) is 21.0. The van der Waals surface area contributed by atoms with Crippen LogP contribution >= 0.6 is 0 Å². The van der Waals surface area contributed by atoms with E-state index in [-0.39, 0.29) is 33.7 Å². The molecule has 5 nitrogen and oxygen atoms in total. The highest BCUT2D eigenvalue weighted by molar-refractivity contribution is 6.11. The van der Waals surface area contributed by atoms with Crippen LogP contribution in [0.25, 0.3) is 77.4 Å². The molecule has 3 aliphatic carbocycles. The standard InChI is InChI=1S/C86H74N2O3/c1-83(2,3)55-27-19-51(20-28-55)53-23-31-57(32-24-53)87(59-35-39-65-63-15-11-13-17-73(63)85(7,8)75(65)43-59)61-37-41-67-69-47-81-71(49-79(69)89-77(67)45-61)72-50-80-70(48-82(72)91-81)68-42-38-62(46-78(68)90-80)88(58-33-25-54(26-34-58)52-21-29-56(30-22-52)84(4,5)6)60-36-40-66-64-16-12-14-18-74(64)86(9,10)76(66)44-60/h11-47,49,70,80H,48,50H2,1-10H3. The van der Waals surface area contributed by atoms with Crippen LogP contribution in [-0.4, -0.2) is 6.10 Å². The summed E-state index contributed by atoms with van der Waals surface area (Å²) in [6, 6.07) is 86.0. The number of ether oxygens (including phenoxy) is 1. The molecule has 0 fully saturated rings. The van der Waals surface area contributed by atoms with Gasteiger partial charge in [0.15, 0.2) is 0 Å². The lowest BCUT2D eigenvalue weighted by atomic mass is 9.82. The quantitative estimate of drug-likeness (QED) is 0.152. The van der Waals surface area contributed by atoms with Crippen molar-refractivity contribution in [3.8, 4) is 50.3 Å². The van der Waals surface area contributed by atoms with Crippen molar-refractivity contribution in [2.24, 2.45) is 0 Å². The molecule has 4 aliphatic rings. The molecule has 3 heterocycles. The Bertz CT molecular complexity index is 5100. The van der Waals surface area contributed by atoms with Crippen LogP contribution in [0, 0.1) is 0 Å². The second-order valence-corrected chi connectivity index (χ2v) is 29.2. The molecule has 5 heteroatoms. The highest BCUT2D eigenvalue weighted by Gasteiger charge is 2.42. The van der Waals surface area contributed by atoms with Gasteiger partial charge in [0.2, 0.25) is 0 Å². The number of hydrogen-bond donors (Lipinski definition) is 0. The maximum Gasteiger partial charge on any atom is 0.137 e. The third-order valence-corrected chi connectivity index (χ3v) is 21.0. The number of hydrogen-bond acceptors (Lipinski definition) is 5. The first-order chi connectivity index (χ1) is 43.8. The number of furan rings is 2. The van der Waals surface area contributed by atoms with Crippen molar-refractivity contribution in [1.29, 1.82) is 0 Å². The summed E-state index contributed by atoms with van der Waals surface area (Å²) in [4.78, 5) is 4.79. The minimum atomic E-state index is -0.152. The van der Waals surface area contributed by atoms with E-state index in [2.05, 4.69) is 310 Å². The number of rotatable bonds is 8. The van der Waals surface area contributed by atoms with E-state index in [0.29, 0.717) is 0 Å². The second kappa shape index (κ2) is 19.8. The summed E-state index contributed by atoms with van der Waals surface area (Å²) < 4.78 is 21.1. The summed E-state index contributed by atoms with van der Waals surface area (Å²) in [6.45, 7) is 23.0. The molecule has 0 saturated heterocycles. The van der Waals surface area contributed by atoms with Crippen molar-refractivity contribution in [2.45, 2.75) is 116 Å². The van der Waals surface area contributed by atoms with Crippen molar-refractivity contribution in [2.75, 3.05) is 9.80 Å². The molecule has 0 spiro atoms. The predicted octanol–water partition coefficient (Wildman–Crippen LogP) is 23.5. The molecule has 13 aromatic rings. The lowest BCUT2D eigenvalue weighted by Crippen LogP contribution is -2.27. The van der Waals surface area contributed by atoms with Gasteiger partial charge < -0.3 is 23.4 Å². The first kappa shape index (κ1) is 55.2. The molecule has 446 valence electrons. The average molecular weight is 1180 g/mol. The highest BCUT2D eigenvalue weighted by atomic mass is 16.5. The zero-order valence-electron chi connectivity index (χ0n) is 53.6. The summed E-state index contributed by atoms with van der Waals surface area (Å²) in [5.74, 6) is 2.15. The molecule has 0 bridgehead atoms. The summed E-state index contributed by atoms with van der Waals surface area (Å²) >= 11 is 0. The monoisotopic (exact) mass is 1180 g/mol. The van der Waals surface area contributed by atoms with Crippen LogP contribution in [0.3, 0.4) is 0 Å². The first-order valence-corrected chi connectivity index (χ1v) is 32.5. The summed E-state index contributed by atoms with van der Waals surface area (Å²) in [6.07, 6.45) is 1.48. The maximum absolute atomic E-state index is 7.15. The number of anilines is 6. The number of nitrogens with zero attached hydrogens (tertiary/aromatic N) is 2. The summed E-state index contributed by atoms with van der Waals surface area (Å²) in [7, 11) is 0. The fourth-order valence-corrected chi connectivity index (χ4v) is 15.8. The van der Waals surface area contributed by atoms with Gasteiger partial charge in [-0.2, -0.15) is 0 Å². The zero-order valence-corrected chi connectivity index (χ0v) is 53.6. The molecule has 1 aliphatic heterocycles. The Kier molecular flexibility index (Phi) is 12.0.